The summed E-state index contributed by atoms with van der Waals surface area (Å²) < 4.78 is 0. The van der Waals surface area contributed by atoms with E-state index in [0.717, 1.165) is 37.8 Å². The molecule has 2 N–H and O–H groups in total. The predicted molar refractivity (Wildman–Crippen MR) is 35.1 cm³/mol. The molecule has 1 heterocycles. The van der Waals surface area contributed by atoms with Gasteiger partial charge in [-0.25, -0.2) is 0 Å². The lowest BCUT2D eigenvalue weighted by molar-refractivity contribution is 0.173. The molecule has 1 saturated heterocycles. The second-order valence-electron chi connectivity index (χ2n) is 3.30. The van der Waals surface area contributed by atoms with Gasteiger partial charge < -0.3 is 10.4 Å². The van der Waals surface area contributed by atoms with Crippen LogP contribution in [-0.2, 0) is 0 Å². The van der Waals surface area contributed by atoms with Gasteiger partial charge in [-0.05, 0) is 37.8 Å². The third-order valence-corrected chi connectivity index (χ3v) is 2.63. The Labute approximate surface area is 55.3 Å². The molecule has 2 fully saturated rings. The van der Waals surface area contributed by atoms with Gasteiger partial charge in [0.15, 0.2) is 0 Å². The van der Waals surface area contributed by atoms with Crippen LogP contribution in [0.2, 0.25) is 0 Å². The van der Waals surface area contributed by atoms with Crippen molar-refractivity contribution < 1.29 is 5.11 Å². The summed E-state index contributed by atoms with van der Waals surface area (Å²) in [4.78, 5) is 0. The van der Waals surface area contributed by atoms with Crippen molar-refractivity contribution >= 4 is 0 Å². The average Bonchev–Trinajstić information content (AvgIpc) is 2.22. The van der Waals surface area contributed by atoms with Gasteiger partial charge in [0.25, 0.3) is 0 Å². The summed E-state index contributed by atoms with van der Waals surface area (Å²) in [5, 5.41) is 12.5. The number of nitrogens with one attached hydrogen (secondary N) is 1. The summed E-state index contributed by atoms with van der Waals surface area (Å²) in [5.74, 6) is 1.58. The summed E-state index contributed by atoms with van der Waals surface area (Å²) in [6.07, 6.45) is 2.09. The molecule has 3 atom stereocenters. The summed E-state index contributed by atoms with van der Waals surface area (Å²) in [6.45, 7) is 2.28. The van der Waals surface area contributed by atoms with Crippen LogP contribution in [0.3, 0.4) is 0 Å². The summed E-state index contributed by atoms with van der Waals surface area (Å²) in [7, 11) is 0. The van der Waals surface area contributed by atoms with Crippen molar-refractivity contribution in [1.82, 2.24) is 5.32 Å². The highest BCUT2D eigenvalue weighted by molar-refractivity contribution is 4.90. The van der Waals surface area contributed by atoms with E-state index < -0.39 is 0 Å². The summed E-state index contributed by atoms with van der Waals surface area (Å²) >= 11 is 0. The molecule has 1 aliphatic heterocycles. The largest absolute Gasteiger partial charge is 0.393 e. The topological polar surface area (TPSA) is 32.3 Å². The lowest BCUT2D eigenvalue weighted by Gasteiger charge is -2.02. The molecule has 0 spiro atoms. The van der Waals surface area contributed by atoms with Gasteiger partial charge in [0.05, 0.1) is 6.10 Å². The fourth-order valence-corrected chi connectivity index (χ4v) is 2.13. The van der Waals surface area contributed by atoms with Crippen LogP contribution in [0.15, 0.2) is 0 Å². The van der Waals surface area contributed by atoms with Crippen LogP contribution >= 0.6 is 0 Å². The van der Waals surface area contributed by atoms with Gasteiger partial charge in [0, 0.05) is 0 Å². The van der Waals surface area contributed by atoms with Crippen molar-refractivity contribution in [1.29, 1.82) is 0 Å². The van der Waals surface area contributed by atoms with Crippen molar-refractivity contribution in [3.63, 3.8) is 0 Å². The lowest BCUT2D eigenvalue weighted by atomic mass is 10.0. The third kappa shape index (κ3) is 0.864. The molecule has 1 saturated carbocycles. The van der Waals surface area contributed by atoms with E-state index in [1.807, 2.05) is 0 Å². The Morgan fingerprint density at radius 3 is 2.22 bits per heavy atom. The monoisotopic (exact) mass is 127 g/mol. The van der Waals surface area contributed by atoms with Crippen molar-refractivity contribution in [2.45, 2.75) is 18.9 Å². The smallest absolute Gasteiger partial charge is 0.0546 e. The molecule has 2 nitrogen and oxygen atoms in total. The van der Waals surface area contributed by atoms with E-state index in [9.17, 15) is 5.11 Å². The van der Waals surface area contributed by atoms with E-state index in [4.69, 9.17) is 0 Å². The first-order valence-electron chi connectivity index (χ1n) is 3.75. The summed E-state index contributed by atoms with van der Waals surface area (Å²) in [6, 6.07) is 0. The zero-order valence-corrected chi connectivity index (χ0v) is 5.51. The molecule has 0 amide bonds. The Morgan fingerprint density at radius 2 is 1.67 bits per heavy atom. The highest BCUT2D eigenvalue weighted by atomic mass is 16.3. The fourth-order valence-electron chi connectivity index (χ4n) is 2.13. The van der Waals surface area contributed by atoms with E-state index in [2.05, 4.69) is 5.32 Å². The highest BCUT2D eigenvalue weighted by Gasteiger charge is 2.35. The number of fused-ring (bicyclic) bond motifs is 1. The van der Waals surface area contributed by atoms with Crippen LogP contribution in [0.1, 0.15) is 12.8 Å². The SMILES string of the molecule is OC1C[C@H]2CNC[C@H]2C1. The van der Waals surface area contributed by atoms with Gasteiger partial charge in [0.1, 0.15) is 0 Å². The molecule has 0 aromatic carbocycles. The maximum Gasteiger partial charge on any atom is 0.0546 e. The normalized spacial score (nSPS) is 49.7. The van der Waals surface area contributed by atoms with Gasteiger partial charge in [-0.3, -0.25) is 0 Å². The van der Waals surface area contributed by atoms with Crippen molar-refractivity contribution in [3.8, 4) is 0 Å². The van der Waals surface area contributed by atoms with Gasteiger partial charge in [0.2, 0.25) is 0 Å². The van der Waals surface area contributed by atoms with Crippen molar-refractivity contribution in [2.24, 2.45) is 11.8 Å². The molecule has 2 rings (SSSR count). The van der Waals surface area contributed by atoms with Crippen molar-refractivity contribution in [2.75, 3.05) is 13.1 Å². The first-order chi connectivity index (χ1) is 4.36. The van der Waals surface area contributed by atoms with Crippen LogP contribution in [0, 0.1) is 11.8 Å². The van der Waals surface area contributed by atoms with E-state index in [0.29, 0.717) is 0 Å². The van der Waals surface area contributed by atoms with Crippen LogP contribution in [-0.4, -0.2) is 24.3 Å². The zero-order chi connectivity index (χ0) is 6.27. The van der Waals surface area contributed by atoms with E-state index >= 15 is 0 Å². The molecule has 2 aliphatic rings. The fraction of sp³-hybridized carbons (Fsp3) is 1.00. The highest BCUT2D eigenvalue weighted by Crippen LogP contribution is 2.33. The Morgan fingerprint density at radius 1 is 1.11 bits per heavy atom. The maximum atomic E-state index is 9.21. The van der Waals surface area contributed by atoms with Gasteiger partial charge in [-0.1, -0.05) is 0 Å². The Hall–Kier alpha value is -0.0800. The molecular formula is C7H13NO. The molecule has 1 aliphatic carbocycles. The van der Waals surface area contributed by atoms with Crippen LogP contribution in [0.4, 0.5) is 0 Å². The molecule has 0 aromatic rings. The third-order valence-electron chi connectivity index (χ3n) is 2.63. The van der Waals surface area contributed by atoms with Gasteiger partial charge in [-0.15, -0.1) is 0 Å². The van der Waals surface area contributed by atoms with E-state index in [-0.39, 0.29) is 6.10 Å². The lowest BCUT2D eigenvalue weighted by Crippen LogP contribution is -2.13. The maximum absolute atomic E-state index is 9.21. The minimum absolute atomic E-state index is 0.0158. The first kappa shape index (κ1) is 5.69. The Kier molecular flexibility index (Phi) is 1.24. The summed E-state index contributed by atoms with van der Waals surface area (Å²) in [5.41, 5.74) is 0. The second-order valence-corrected chi connectivity index (χ2v) is 3.30. The molecular weight excluding hydrogens is 114 g/mol. The molecule has 0 radical (unpaired) electrons. The molecule has 0 bridgehead atoms. The molecule has 1 unspecified atom stereocenters. The van der Waals surface area contributed by atoms with Crippen LogP contribution in [0.25, 0.3) is 0 Å². The standard InChI is InChI=1S/C7H13NO/c9-7-1-5-3-8-4-6(5)2-7/h5-9H,1-4H2/t5-,6+,7?. The number of hydrogen-bond acceptors (Lipinski definition) is 2. The van der Waals surface area contributed by atoms with Crippen molar-refractivity contribution in [3.05, 3.63) is 0 Å². The second kappa shape index (κ2) is 1.96. The number of aliphatic hydroxyl groups excluding tert-OH is 1. The molecule has 52 valence electrons. The van der Waals surface area contributed by atoms with Gasteiger partial charge in [-0.2, -0.15) is 0 Å². The average molecular weight is 127 g/mol. The number of rotatable bonds is 0. The number of aliphatic hydroxyl groups is 1. The quantitative estimate of drug-likeness (QED) is 0.479. The Bertz CT molecular complexity index is 103. The zero-order valence-electron chi connectivity index (χ0n) is 5.51. The van der Waals surface area contributed by atoms with E-state index in [1.54, 1.807) is 0 Å². The van der Waals surface area contributed by atoms with E-state index in [1.165, 1.54) is 0 Å². The molecule has 0 aromatic heterocycles. The van der Waals surface area contributed by atoms with Gasteiger partial charge >= 0.3 is 0 Å². The van der Waals surface area contributed by atoms with Crippen LogP contribution < -0.4 is 5.32 Å². The minimum Gasteiger partial charge on any atom is -0.393 e. The molecule has 2 heteroatoms. The Balaban J connectivity index is 2.02. The van der Waals surface area contributed by atoms with Crippen LogP contribution in [0.5, 0.6) is 0 Å². The predicted octanol–water partition coefficient (Wildman–Crippen LogP) is -0.0233. The molecule has 9 heavy (non-hydrogen) atoms. The number of hydrogen-bond donors (Lipinski definition) is 2. The minimum atomic E-state index is 0.0158. The first-order valence-corrected chi connectivity index (χ1v) is 3.75.